The van der Waals surface area contributed by atoms with Gasteiger partial charge in [-0.2, -0.15) is 0 Å². The van der Waals surface area contributed by atoms with E-state index in [2.05, 4.69) is 27.1 Å². The van der Waals surface area contributed by atoms with Crippen molar-refractivity contribution < 1.29 is 4.79 Å². The van der Waals surface area contributed by atoms with E-state index in [9.17, 15) is 4.79 Å². The number of fused-ring (bicyclic) bond motifs is 1. The van der Waals surface area contributed by atoms with E-state index in [0.717, 1.165) is 49.1 Å². The molecule has 1 amide bonds. The number of nitrogens with one attached hydrogen (secondary N) is 1. The van der Waals surface area contributed by atoms with Gasteiger partial charge in [-0.05, 0) is 38.0 Å². The van der Waals surface area contributed by atoms with Crippen LogP contribution in [0.25, 0.3) is 0 Å². The lowest BCUT2D eigenvalue weighted by Crippen LogP contribution is -2.41. The molecular formula is C20H27N5OS. The lowest BCUT2D eigenvalue weighted by Gasteiger charge is -2.32. The minimum Gasteiger partial charge on any atom is -0.355 e. The maximum Gasteiger partial charge on any atom is 0.231 e. The highest BCUT2D eigenvalue weighted by Crippen LogP contribution is 2.34. The molecule has 2 atom stereocenters. The summed E-state index contributed by atoms with van der Waals surface area (Å²) in [5.74, 6) is 1.68. The Morgan fingerprint density at radius 3 is 3.11 bits per heavy atom. The lowest BCUT2D eigenvalue weighted by atomic mass is 9.88. The Morgan fingerprint density at radius 2 is 2.30 bits per heavy atom. The van der Waals surface area contributed by atoms with Gasteiger partial charge in [-0.15, -0.1) is 11.3 Å². The molecular weight excluding hydrogens is 358 g/mol. The van der Waals surface area contributed by atoms with Crippen LogP contribution in [0.4, 0.5) is 10.9 Å². The summed E-state index contributed by atoms with van der Waals surface area (Å²) in [6.45, 7) is 3.86. The fraction of sp³-hybridized carbons (Fsp3) is 0.600. The highest BCUT2D eigenvalue weighted by atomic mass is 32.1. The monoisotopic (exact) mass is 385 g/mol. The van der Waals surface area contributed by atoms with Crippen molar-refractivity contribution in [1.82, 2.24) is 15.0 Å². The quantitative estimate of drug-likeness (QED) is 0.850. The Bertz CT molecular complexity index is 778. The first-order valence-corrected chi connectivity index (χ1v) is 10.8. The number of aryl methyl sites for hydroxylation is 1. The summed E-state index contributed by atoms with van der Waals surface area (Å²) in [4.78, 5) is 29.6. The van der Waals surface area contributed by atoms with Gasteiger partial charge in [0.15, 0.2) is 5.13 Å². The van der Waals surface area contributed by atoms with Gasteiger partial charge >= 0.3 is 0 Å². The zero-order valence-corrected chi connectivity index (χ0v) is 16.7. The molecule has 1 saturated heterocycles. The van der Waals surface area contributed by atoms with Crippen molar-refractivity contribution in [3.8, 4) is 0 Å². The molecule has 1 aliphatic carbocycles. The molecule has 4 rings (SSSR count). The van der Waals surface area contributed by atoms with Crippen LogP contribution >= 0.6 is 11.3 Å². The third-order valence-electron chi connectivity index (χ3n) is 5.63. The van der Waals surface area contributed by atoms with Crippen molar-refractivity contribution in [2.75, 3.05) is 23.3 Å². The predicted octanol–water partition coefficient (Wildman–Crippen LogP) is 3.69. The average molecular weight is 386 g/mol. The van der Waals surface area contributed by atoms with Gasteiger partial charge in [0.25, 0.3) is 0 Å². The van der Waals surface area contributed by atoms with Crippen LogP contribution in [0.2, 0.25) is 0 Å². The number of piperidine rings is 1. The Morgan fingerprint density at radius 1 is 1.37 bits per heavy atom. The topological polar surface area (TPSA) is 71.0 Å². The van der Waals surface area contributed by atoms with Crippen LogP contribution in [0, 0.1) is 11.8 Å². The van der Waals surface area contributed by atoms with Crippen molar-refractivity contribution in [2.45, 2.75) is 51.9 Å². The van der Waals surface area contributed by atoms with Crippen LogP contribution in [0.3, 0.4) is 0 Å². The number of anilines is 2. The van der Waals surface area contributed by atoms with Gasteiger partial charge in [-0.25, -0.2) is 9.97 Å². The minimum atomic E-state index is -0.0328. The molecule has 6 nitrogen and oxygen atoms in total. The zero-order chi connectivity index (χ0) is 18.6. The second-order valence-electron chi connectivity index (χ2n) is 7.62. The fourth-order valence-electron chi connectivity index (χ4n) is 4.21. The van der Waals surface area contributed by atoms with Crippen LogP contribution in [0.5, 0.6) is 0 Å². The van der Waals surface area contributed by atoms with E-state index in [-0.39, 0.29) is 11.8 Å². The molecule has 1 fully saturated rings. The van der Waals surface area contributed by atoms with Crippen molar-refractivity contribution in [3.05, 3.63) is 29.2 Å². The Hall–Kier alpha value is -2.02. The summed E-state index contributed by atoms with van der Waals surface area (Å²) >= 11 is 1.68. The second kappa shape index (κ2) is 8.33. The van der Waals surface area contributed by atoms with Crippen LogP contribution in [-0.4, -0.2) is 33.9 Å². The van der Waals surface area contributed by atoms with Crippen LogP contribution in [0.15, 0.2) is 18.6 Å². The smallest absolute Gasteiger partial charge is 0.231 e. The van der Waals surface area contributed by atoms with Gasteiger partial charge in [-0.3, -0.25) is 9.78 Å². The van der Waals surface area contributed by atoms with E-state index < -0.39 is 0 Å². The van der Waals surface area contributed by atoms with Gasteiger partial charge in [0.05, 0.1) is 17.8 Å². The first-order chi connectivity index (χ1) is 13.2. The normalized spacial score (nSPS) is 22.3. The Labute approximate surface area is 164 Å². The molecule has 2 unspecified atom stereocenters. The number of rotatable bonds is 5. The first kappa shape index (κ1) is 18.3. The molecule has 2 aromatic heterocycles. The maximum atomic E-state index is 12.8. The van der Waals surface area contributed by atoms with E-state index in [1.54, 1.807) is 29.9 Å². The number of aromatic nitrogens is 3. The summed E-state index contributed by atoms with van der Waals surface area (Å²) in [6, 6.07) is 0. The molecule has 0 bridgehead atoms. The molecule has 0 radical (unpaired) electrons. The number of hydrogen-bond acceptors (Lipinski definition) is 6. The average Bonchev–Trinajstić information content (AvgIpc) is 3.10. The van der Waals surface area contributed by atoms with E-state index in [1.807, 2.05) is 0 Å². The number of thiazole rings is 1. The van der Waals surface area contributed by atoms with E-state index in [1.165, 1.54) is 29.8 Å². The SMILES string of the molecule is CCCC1CCc2nc(NC(=O)C3CCCN(c4cnccn4)C3)sc2C1. The zero-order valence-electron chi connectivity index (χ0n) is 15.9. The van der Waals surface area contributed by atoms with Crippen molar-refractivity contribution in [2.24, 2.45) is 11.8 Å². The van der Waals surface area contributed by atoms with Gasteiger partial charge in [-0.1, -0.05) is 19.8 Å². The number of nitrogens with zero attached hydrogens (tertiary/aromatic N) is 4. The molecule has 7 heteroatoms. The maximum absolute atomic E-state index is 12.8. The highest BCUT2D eigenvalue weighted by Gasteiger charge is 2.28. The largest absolute Gasteiger partial charge is 0.355 e. The number of hydrogen-bond donors (Lipinski definition) is 1. The molecule has 1 aliphatic heterocycles. The summed E-state index contributed by atoms with van der Waals surface area (Å²) in [5.41, 5.74) is 1.20. The van der Waals surface area contributed by atoms with Crippen molar-refractivity contribution >= 4 is 28.2 Å². The van der Waals surface area contributed by atoms with E-state index in [0.29, 0.717) is 6.54 Å². The predicted molar refractivity (Wildman–Crippen MR) is 108 cm³/mol. The third-order valence-corrected chi connectivity index (χ3v) is 6.67. The molecule has 2 aliphatic rings. The molecule has 3 heterocycles. The molecule has 144 valence electrons. The summed E-state index contributed by atoms with van der Waals surface area (Å²) in [5, 5.41) is 3.87. The Kier molecular flexibility index (Phi) is 5.66. The summed E-state index contributed by atoms with van der Waals surface area (Å²) < 4.78 is 0. The summed E-state index contributed by atoms with van der Waals surface area (Å²) in [7, 11) is 0. The molecule has 0 spiro atoms. The Balaban J connectivity index is 1.38. The minimum absolute atomic E-state index is 0.0328. The molecule has 27 heavy (non-hydrogen) atoms. The standard InChI is InChI=1S/C20H27N5OS/c1-2-4-14-6-7-16-17(11-14)27-20(23-16)24-19(26)15-5-3-10-25(13-15)18-12-21-8-9-22-18/h8-9,12,14-15H,2-7,10-11,13H2,1H3,(H,23,24,26). The fourth-order valence-corrected chi connectivity index (χ4v) is 5.34. The van der Waals surface area contributed by atoms with Crippen LogP contribution < -0.4 is 10.2 Å². The van der Waals surface area contributed by atoms with Gasteiger partial charge in [0.2, 0.25) is 5.91 Å². The number of amides is 1. The summed E-state index contributed by atoms with van der Waals surface area (Å²) in [6.07, 6.45) is 13.0. The molecule has 0 saturated carbocycles. The first-order valence-electron chi connectivity index (χ1n) is 10.0. The van der Waals surface area contributed by atoms with Crippen molar-refractivity contribution in [3.63, 3.8) is 0 Å². The van der Waals surface area contributed by atoms with Gasteiger partial charge < -0.3 is 10.2 Å². The molecule has 0 aromatic carbocycles. The van der Waals surface area contributed by atoms with Crippen molar-refractivity contribution in [1.29, 1.82) is 0 Å². The third kappa shape index (κ3) is 4.29. The lowest BCUT2D eigenvalue weighted by molar-refractivity contribution is -0.120. The van der Waals surface area contributed by atoms with Crippen LogP contribution in [0.1, 0.15) is 49.6 Å². The van der Waals surface area contributed by atoms with Gasteiger partial charge in [0.1, 0.15) is 5.82 Å². The molecule has 2 aromatic rings. The highest BCUT2D eigenvalue weighted by molar-refractivity contribution is 7.15. The molecule has 1 N–H and O–H groups in total. The number of carbonyl (C=O) groups excluding carboxylic acids is 1. The number of carbonyl (C=O) groups is 1. The van der Waals surface area contributed by atoms with E-state index >= 15 is 0 Å². The second-order valence-corrected chi connectivity index (χ2v) is 8.71. The van der Waals surface area contributed by atoms with E-state index in [4.69, 9.17) is 4.98 Å². The van der Waals surface area contributed by atoms with Crippen LogP contribution in [-0.2, 0) is 17.6 Å². The van der Waals surface area contributed by atoms with Gasteiger partial charge in [0, 0.05) is 30.4 Å².